The Morgan fingerprint density at radius 3 is 2.00 bits per heavy atom. The molecule has 30 heavy (non-hydrogen) atoms. The van der Waals surface area contributed by atoms with Gasteiger partial charge >= 0.3 is 35.5 Å². The number of nitrogens with zero attached hydrogens (tertiary/aromatic N) is 1. The van der Waals surface area contributed by atoms with Gasteiger partial charge in [-0.3, -0.25) is 0 Å². The van der Waals surface area contributed by atoms with Gasteiger partial charge < -0.3 is 20.1 Å². The third-order valence-corrected chi connectivity index (χ3v) is 4.14. The molecule has 0 saturated heterocycles. The fraction of sp³-hybridized carbons (Fsp3) is 0. The molecule has 2 N–H and O–H groups in total. The predicted octanol–water partition coefficient (Wildman–Crippen LogP) is 0.360. The molecule has 3 aromatic carbocycles. The van der Waals surface area contributed by atoms with E-state index in [1.807, 2.05) is 48.5 Å². The number of aromatic nitrogens is 1. The first-order valence-electron chi connectivity index (χ1n) is 8.65. The number of phenols is 1. The number of carboxylic acids is 2. The van der Waals surface area contributed by atoms with Crippen molar-refractivity contribution in [3.8, 4) is 17.0 Å². The normalized spacial score (nSPS) is 9.73. The van der Waals surface area contributed by atoms with Gasteiger partial charge in [-0.2, -0.15) is 0 Å². The summed E-state index contributed by atoms with van der Waals surface area (Å²) < 4.78 is 0. The number of pyridine rings is 1. The first kappa shape index (κ1) is 23.1. The second-order valence-corrected chi connectivity index (χ2v) is 6.05. The molecule has 0 spiro atoms. The summed E-state index contributed by atoms with van der Waals surface area (Å²) in [4.78, 5) is 26.0. The van der Waals surface area contributed by atoms with E-state index in [1.54, 1.807) is 18.2 Å². The monoisotopic (exact) mass is 409 g/mol. The zero-order chi connectivity index (χ0) is 20.8. The number of para-hydroxylation sites is 2. The second-order valence-electron chi connectivity index (χ2n) is 6.05. The van der Waals surface area contributed by atoms with E-state index in [-0.39, 0.29) is 46.4 Å². The standard InChI is InChI=1S/C16H11NO2.C7H6O3.Na/c18-16(19)13-10-15(11-6-2-1-3-7-11)17-14-9-5-4-8-12(13)14;8-6-4-2-1-3-5(6)7(9)10;/h1-10H,(H,18,19);1-4,8H,(H,9,10);/q;;+1/p-1. The molecule has 0 aliphatic heterocycles. The first-order valence-corrected chi connectivity index (χ1v) is 8.65. The number of hydrogen-bond acceptors (Lipinski definition) is 5. The maximum Gasteiger partial charge on any atom is 1.00 e. The van der Waals surface area contributed by atoms with Crippen molar-refractivity contribution in [1.82, 2.24) is 4.98 Å². The molecule has 144 valence electrons. The van der Waals surface area contributed by atoms with E-state index in [4.69, 9.17) is 5.11 Å². The van der Waals surface area contributed by atoms with Crippen LogP contribution in [0.4, 0.5) is 0 Å². The smallest absolute Gasteiger partial charge is 0.545 e. The summed E-state index contributed by atoms with van der Waals surface area (Å²) in [7, 11) is 0. The van der Waals surface area contributed by atoms with E-state index < -0.39 is 11.9 Å². The van der Waals surface area contributed by atoms with Crippen LogP contribution in [-0.2, 0) is 0 Å². The number of hydrogen-bond donors (Lipinski definition) is 2. The summed E-state index contributed by atoms with van der Waals surface area (Å²) in [5.41, 5.74) is 2.39. The SMILES string of the molecule is O=C(O)c1cc(-c2ccccc2)nc2ccccc12.O=C([O-])c1ccccc1O.[Na+]. The van der Waals surface area contributed by atoms with Gasteiger partial charge in [0.15, 0.2) is 0 Å². The zero-order valence-electron chi connectivity index (χ0n) is 16.1. The van der Waals surface area contributed by atoms with Crippen LogP contribution < -0.4 is 34.7 Å². The largest absolute Gasteiger partial charge is 1.00 e. The maximum absolute atomic E-state index is 11.4. The summed E-state index contributed by atoms with van der Waals surface area (Å²) in [6.07, 6.45) is 0. The molecule has 0 aliphatic rings. The zero-order valence-corrected chi connectivity index (χ0v) is 18.1. The molecule has 1 heterocycles. The Hall–Kier alpha value is -3.19. The summed E-state index contributed by atoms with van der Waals surface area (Å²) in [5.74, 6) is -2.56. The molecule has 7 heteroatoms. The Morgan fingerprint density at radius 1 is 0.800 bits per heavy atom. The Bertz CT molecular complexity index is 1180. The molecule has 0 bridgehead atoms. The van der Waals surface area contributed by atoms with Crippen molar-refractivity contribution in [2.45, 2.75) is 0 Å². The number of carboxylic acid groups (broad SMARTS) is 2. The van der Waals surface area contributed by atoms with Crippen LogP contribution in [0.1, 0.15) is 20.7 Å². The molecule has 0 saturated carbocycles. The predicted molar refractivity (Wildman–Crippen MR) is 107 cm³/mol. The number of rotatable bonds is 3. The van der Waals surface area contributed by atoms with Crippen LogP contribution in [0, 0.1) is 0 Å². The van der Waals surface area contributed by atoms with E-state index in [0.29, 0.717) is 16.6 Å². The van der Waals surface area contributed by atoms with Crippen molar-refractivity contribution >= 4 is 22.8 Å². The molecule has 0 unspecified atom stereocenters. The number of carbonyl (C=O) groups excluding carboxylic acids is 1. The average Bonchev–Trinajstić information content (AvgIpc) is 2.74. The van der Waals surface area contributed by atoms with Crippen molar-refractivity contribution in [2.24, 2.45) is 0 Å². The van der Waals surface area contributed by atoms with Crippen LogP contribution in [0.25, 0.3) is 22.2 Å². The fourth-order valence-corrected chi connectivity index (χ4v) is 2.76. The van der Waals surface area contributed by atoms with Crippen molar-refractivity contribution in [2.75, 3.05) is 0 Å². The third-order valence-electron chi connectivity index (χ3n) is 4.14. The topological polar surface area (TPSA) is 111 Å². The number of carbonyl (C=O) groups is 2. The minimum absolute atomic E-state index is 0. The van der Waals surface area contributed by atoms with E-state index in [1.165, 1.54) is 18.2 Å². The Kier molecular flexibility index (Phi) is 8.12. The molecular weight excluding hydrogens is 393 g/mol. The van der Waals surface area contributed by atoms with Crippen LogP contribution in [0.3, 0.4) is 0 Å². The van der Waals surface area contributed by atoms with E-state index in [0.717, 1.165) is 5.56 Å². The molecule has 0 fully saturated rings. The van der Waals surface area contributed by atoms with Crippen LogP contribution in [-0.4, -0.2) is 27.1 Å². The van der Waals surface area contributed by atoms with E-state index in [9.17, 15) is 19.8 Å². The second kappa shape index (κ2) is 10.5. The minimum Gasteiger partial charge on any atom is -0.545 e. The molecule has 0 amide bonds. The van der Waals surface area contributed by atoms with E-state index >= 15 is 0 Å². The fourth-order valence-electron chi connectivity index (χ4n) is 2.76. The molecular formula is C23H16NNaO5. The number of benzene rings is 3. The van der Waals surface area contributed by atoms with Gasteiger partial charge in [-0.15, -0.1) is 0 Å². The Balaban J connectivity index is 0.000000249. The van der Waals surface area contributed by atoms with Crippen molar-refractivity contribution in [3.05, 3.63) is 96.1 Å². The number of fused-ring (bicyclic) bond motifs is 1. The molecule has 4 aromatic rings. The van der Waals surface area contributed by atoms with Crippen molar-refractivity contribution in [1.29, 1.82) is 0 Å². The van der Waals surface area contributed by atoms with Gasteiger partial charge in [0, 0.05) is 16.5 Å². The van der Waals surface area contributed by atoms with Gasteiger partial charge in [0.1, 0.15) is 5.75 Å². The molecule has 0 radical (unpaired) electrons. The van der Waals surface area contributed by atoms with Crippen molar-refractivity contribution < 1.29 is 54.5 Å². The quantitative estimate of drug-likeness (QED) is 0.473. The third kappa shape index (κ3) is 5.45. The maximum atomic E-state index is 11.4. The molecule has 1 aromatic heterocycles. The molecule has 4 rings (SSSR count). The summed E-state index contributed by atoms with van der Waals surface area (Å²) in [5, 5.41) is 29.0. The number of aromatic carboxylic acids is 2. The number of aromatic hydroxyl groups is 1. The van der Waals surface area contributed by atoms with Gasteiger partial charge in [-0.25, -0.2) is 9.78 Å². The van der Waals surface area contributed by atoms with Crippen LogP contribution in [0.2, 0.25) is 0 Å². The molecule has 6 nitrogen and oxygen atoms in total. The first-order chi connectivity index (χ1) is 14.0. The Morgan fingerprint density at radius 2 is 1.40 bits per heavy atom. The van der Waals surface area contributed by atoms with Crippen LogP contribution in [0.5, 0.6) is 5.75 Å². The average molecular weight is 409 g/mol. The minimum atomic E-state index is -1.36. The summed E-state index contributed by atoms with van der Waals surface area (Å²) in [6, 6.07) is 24.1. The molecule has 0 aliphatic carbocycles. The van der Waals surface area contributed by atoms with Crippen LogP contribution >= 0.6 is 0 Å². The summed E-state index contributed by atoms with van der Waals surface area (Å²) in [6.45, 7) is 0. The van der Waals surface area contributed by atoms with Gasteiger partial charge in [0.05, 0.1) is 22.7 Å². The van der Waals surface area contributed by atoms with Gasteiger partial charge in [-0.05, 0) is 24.3 Å². The van der Waals surface area contributed by atoms with Gasteiger partial charge in [-0.1, -0.05) is 60.7 Å². The van der Waals surface area contributed by atoms with Gasteiger partial charge in [0.25, 0.3) is 0 Å². The van der Waals surface area contributed by atoms with Crippen molar-refractivity contribution in [3.63, 3.8) is 0 Å². The summed E-state index contributed by atoms with van der Waals surface area (Å²) >= 11 is 0. The van der Waals surface area contributed by atoms with Gasteiger partial charge in [0.2, 0.25) is 0 Å². The van der Waals surface area contributed by atoms with E-state index in [2.05, 4.69) is 4.98 Å². The van der Waals surface area contributed by atoms with Crippen LogP contribution in [0.15, 0.2) is 84.9 Å². The molecule has 0 atom stereocenters. The Labute approximate surface area is 194 Å².